The zero-order chi connectivity index (χ0) is 21.7. The van der Waals surface area contributed by atoms with E-state index in [1.165, 1.54) is 24.3 Å². The Balaban J connectivity index is 1.36. The van der Waals surface area contributed by atoms with Crippen LogP contribution in [-0.4, -0.2) is 20.4 Å². The van der Waals surface area contributed by atoms with Gasteiger partial charge in [0.1, 0.15) is 12.4 Å². The predicted octanol–water partition coefficient (Wildman–Crippen LogP) is 3.64. The molecule has 4 rings (SSSR count). The lowest BCUT2D eigenvalue weighted by atomic mass is 10.1. The lowest BCUT2D eigenvalue weighted by molar-refractivity contribution is 0.0950. The average Bonchev–Trinajstić information content (AvgIpc) is 3.60. The van der Waals surface area contributed by atoms with E-state index in [1.54, 1.807) is 0 Å². The number of carbonyl (C=O) groups is 1. The molecule has 1 aliphatic carbocycles. The van der Waals surface area contributed by atoms with Gasteiger partial charge in [0.2, 0.25) is 10.0 Å². The molecule has 0 aliphatic heterocycles. The van der Waals surface area contributed by atoms with Crippen LogP contribution < -0.4 is 14.8 Å². The topological polar surface area (TPSA) is 84.5 Å². The van der Waals surface area contributed by atoms with E-state index in [0.717, 1.165) is 29.7 Å². The molecule has 0 atom stereocenters. The van der Waals surface area contributed by atoms with Crippen LogP contribution >= 0.6 is 0 Å². The van der Waals surface area contributed by atoms with Crippen molar-refractivity contribution in [2.24, 2.45) is 0 Å². The van der Waals surface area contributed by atoms with Gasteiger partial charge < -0.3 is 10.1 Å². The second-order valence-electron chi connectivity index (χ2n) is 7.47. The maximum atomic E-state index is 12.5. The van der Waals surface area contributed by atoms with Crippen LogP contribution in [0.2, 0.25) is 0 Å². The highest BCUT2D eigenvalue weighted by molar-refractivity contribution is 7.89. The highest BCUT2D eigenvalue weighted by Gasteiger charge is 2.27. The van der Waals surface area contributed by atoms with Gasteiger partial charge in [0.05, 0.1) is 4.90 Å². The van der Waals surface area contributed by atoms with Crippen molar-refractivity contribution in [3.05, 3.63) is 95.6 Å². The molecular weight excluding hydrogens is 412 g/mol. The lowest BCUT2D eigenvalue weighted by Crippen LogP contribution is -2.26. The number of nitrogens with one attached hydrogen (secondary N) is 2. The molecule has 6 nitrogen and oxygen atoms in total. The number of amides is 1. The van der Waals surface area contributed by atoms with Crippen molar-refractivity contribution in [1.29, 1.82) is 0 Å². The predicted molar refractivity (Wildman–Crippen MR) is 118 cm³/mol. The number of benzene rings is 3. The van der Waals surface area contributed by atoms with Gasteiger partial charge in [-0.15, -0.1) is 0 Å². The Morgan fingerprint density at radius 1 is 0.871 bits per heavy atom. The summed E-state index contributed by atoms with van der Waals surface area (Å²) in [7, 11) is -3.53. The van der Waals surface area contributed by atoms with E-state index in [0.29, 0.717) is 18.7 Å². The Bertz CT molecular complexity index is 1140. The fraction of sp³-hybridized carbons (Fsp3) is 0.208. The molecule has 3 aromatic rings. The molecule has 0 spiro atoms. The van der Waals surface area contributed by atoms with E-state index < -0.39 is 10.0 Å². The van der Waals surface area contributed by atoms with Gasteiger partial charge in [-0.3, -0.25) is 4.79 Å². The summed E-state index contributed by atoms with van der Waals surface area (Å²) < 4.78 is 33.0. The van der Waals surface area contributed by atoms with Gasteiger partial charge in [-0.1, -0.05) is 42.5 Å². The fourth-order valence-electron chi connectivity index (χ4n) is 3.10. The summed E-state index contributed by atoms with van der Waals surface area (Å²) in [6.07, 6.45) is 1.75. The maximum Gasteiger partial charge on any atom is 0.251 e. The Hall–Kier alpha value is -3.16. The smallest absolute Gasteiger partial charge is 0.251 e. The number of hydrogen-bond donors (Lipinski definition) is 2. The van der Waals surface area contributed by atoms with Crippen molar-refractivity contribution < 1.29 is 17.9 Å². The highest BCUT2D eigenvalue weighted by Crippen LogP contribution is 2.22. The molecule has 1 amide bonds. The molecule has 0 saturated heterocycles. The molecule has 7 heteroatoms. The summed E-state index contributed by atoms with van der Waals surface area (Å²) in [4.78, 5) is 12.7. The Kier molecular flexibility index (Phi) is 6.34. The van der Waals surface area contributed by atoms with Crippen LogP contribution in [0.1, 0.15) is 34.3 Å². The molecule has 31 heavy (non-hydrogen) atoms. The van der Waals surface area contributed by atoms with Gasteiger partial charge in [0, 0.05) is 18.2 Å². The summed E-state index contributed by atoms with van der Waals surface area (Å²) in [6, 6.07) is 23.3. The molecule has 160 valence electrons. The third-order valence-corrected chi connectivity index (χ3v) is 6.56. The first-order valence-electron chi connectivity index (χ1n) is 10.2. The first-order chi connectivity index (χ1) is 15.0. The van der Waals surface area contributed by atoms with Crippen LogP contribution in [0.15, 0.2) is 83.8 Å². The van der Waals surface area contributed by atoms with Crippen molar-refractivity contribution >= 4 is 15.9 Å². The minimum absolute atomic E-state index is 0.0407. The standard InChI is InChI=1S/C24H24N2O4S/c27-24(18-10-14-23(15-11-18)31(28,29)26-21-12-13-21)25-16-19-6-4-5-7-20(19)17-30-22-8-2-1-3-9-22/h1-11,14-15,21,26H,12-13,16-17H2,(H,25,27). The van der Waals surface area contributed by atoms with E-state index in [2.05, 4.69) is 10.0 Å². The monoisotopic (exact) mass is 436 g/mol. The van der Waals surface area contributed by atoms with Crippen molar-refractivity contribution in [3.8, 4) is 5.75 Å². The highest BCUT2D eigenvalue weighted by atomic mass is 32.2. The van der Waals surface area contributed by atoms with Crippen molar-refractivity contribution in [1.82, 2.24) is 10.0 Å². The number of rotatable bonds is 9. The third kappa shape index (κ3) is 5.71. The number of sulfonamides is 1. The van der Waals surface area contributed by atoms with Crippen LogP contribution in [0.4, 0.5) is 0 Å². The van der Waals surface area contributed by atoms with E-state index in [9.17, 15) is 13.2 Å². The van der Waals surface area contributed by atoms with Crippen molar-refractivity contribution in [3.63, 3.8) is 0 Å². The minimum Gasteiger partial charge on any atom is -0.489 e. The van der Waals surface area contributed by atoms with Crippen molar-refractivity contribution in [2.75, 3.05) is 0 Å². The van der Waals surface area contributed by atoms with Crippen LogP contribution in [0.5, 0.6) is 5.75 Å². The number of hydrogen-bond acceptors (Lipinski definition) is 4. The van der Waals surface area contributed by atoms with Gasteiger partial charge in [0.25, 0.3) is 5.91 Å². The summed E-state index contributed by atoms with van der Waals surface area (Å²) >= 11 is 0. The Morgan fingerprint density at radius 3 is 2.19 bits per heavy atom. The quantitative estimate of drug-likeness (QED) is 0.536. The Morgan fingerprint density at radius 2 is 1.52 bits per heavy atom. The minimum atomic E-state index is -3.53. The number of ether oxygens (including phenoxy) is 1. The van der Waals surface area contributed by atoms with Gasteiger partial charge in [-0.25, -0.2) is 13.1 Å². The van der Waals surface area contributed by atoms with Gasteiger partial charge in [-0.05, 0) is 60.4 Å². The molecule has 1 aliphatic rings. The van der Waals surface area contributed by atoms with Crippen LogP contribution in [0.25, 0.3) is 0 Å². The molecule has 0 radical (unpaired) electrons. The van der Waals surface area contributed by atoms with E-state index in [4.69, 9.17) is 4.74 Å². The summed E-state index contributed by atoms with van der Waals surface area (Å²) in [6.45, 7) is 0.743. The molecule has 0 heterocycles. The number of carbonyl (C=O) groups excluding carboxylic acids is 1. The van der Waals surface area contributed by atoms with Gasteiger partial charge in [0.15, 0.2) is 0 Å². The van der Waals surface area contributed by atoms with Crippen LogP contribution in [-0.2, 0) is 23.2 Å². The average molecular weight is 437 g/mol. The summed E-state index contributed by atoms with van der Waals surface area (Å²) in [5.41, 5.74) is 2.35. The second kappa shape index (κ2) is 9.32. The normalized spacial score (nSPS) is 13.5. The molecule has 0 unspecified atom stereocenters. The largest absolute Gasteiger partial charge is 0.489 e. The van der Waals surface area contributed by atoms with Crippen molar-refractivity contribution in [2.45, 2.75) is 36.9 Å². The zero-order valence-electron chi connectivity index (χ0n) is 17.0. The fourth-order valence-corrected chi connectivity index (χ4v) is 4.41. The molecule has 3 aromatic carbocycles. The second-order valence-corrected chi connectivity index (χ2v) is 9.19. The van der Waals surface area contributed by atoms with Crippen LogP contribution in [0, 0.1) is 0 Å². The molecule has 0 bridgehead atoms. The maximum absolute atomic E-state index is 12.5. The molecule has 2 N–H and O–H groups in total. The van der Waals surface area contributed by atoms with E-state index >= 15 is 0 Å². The SMILES string of the molecule is O=C(NCc1ccccc1COc1ccccc1)c1ccc(S(=O)(=O)NC2CC2)cc1. The first kappa shape index (κ1) is 21.1. The van der Waals surface area contributed by atoms with Gasteiger partial charge >= 0.3 is 0 Å². The van der Waals surface area contributed by atoms with E-state index in [-0.39, 0.29) is 16.8 Å². The Labute approximate surface area is 182 Å². The summed E-state index contributed by atoms with van der Waals surface area (Å²) in [5, 5.41) is 2.89. The van der Waals surface area contributed by atoms with Gasteiger partial charge in [-0.2, -0.15) is 0 Å². The van der Waals surface area contributed by atoms with E-state index in [1.807, 2.05) is 54.6 Å². The lowest BCUT2D eigenvalue weighted by Gasteiger charge is -2.12. The first-order valence-corrected chi connectivity index (χ1v) is 11.6. The third-order valence-electron chi connectivity index (χ3n) is 5.02. The number of para-hydroxylation sites is 1. The molecular formula is C24H24N2O4S. The molecule has 1 fully saturated rings. The zero-order valence-corrected chi connectivity index (χ0v) is 17.8. The molecule has 0 aromatic heterocycles. The molecule has 1 saturated carbocycles. The summed E-state index contributed by atoms with van der Waals surface area (Å²) in [5.74, 6) is 0.519. The van der Waals surface area contributed by atoms with Crippen LogP contribution in [0.3, 0.4) is 0 Å².